The molecule has 0 spiro atoms. The highest BCUT2D eigenvalue weighted by Gasteiger charge is 2.35. The van der Waals surface area contributed by atoms with Gasteiger partial charge >= 0.3 is 0 Å². The monoisotopic (exact) mass is 193 g/mol. The van der Waals surface area contributed by atoms with Gasteiger partial charge in [-0.15, -0.1) is 0 Å². The number of aryl methyl sites for hydroxylation is 2. The van der Waals surface area contributed by atoms with Crippen molar-refractivity contribution >= 4 is 0 Å². The molecule has 0 radical (unpaired) electrons. The van der Waals surface area contributed by atoms with Crippen molar-refractivity contribution in [1.29, 1.82) is 0 Å². The normalized spacial score (nSPS) is 26.8. The molecule has 76 valence electrons. The number of hydrogen-bond donors (Lipinski definition) is 1. The quantitative estimate of drug-likeness (QED) is 0.722. The lowest BCUT2D eigenvalue weighted by Crippen LogP contribution is -2.23. The van der Waals surface area contributed by atoms with Crippen LogP contribution in [0.3, 0.4) is 0 Å². The summed E-state index contributed by atoms with van der Waals surface area (Å²) >= 11 is 0. The van der Waals surface area contributed by atoms with Crippen LogP contribution in [0.15, 0.2) is 18.2 Å². The van der Waals surface area contributed by atoms with Crippen molar-refractivity contribution < 1.29 is 4.39 Å². The predicted molar refractivity (Wildman–Crippen MR) is 56.2 cm³/mol. The number of alkyl halides is 1. The van der Waals surface area contributed by atoms with Crippen molar-refractivity contribution in [3.8, 4) is 0 Å². The summed E-state index contributed by atoms with van der Waals surface area (Å²) in [5.41, 5.74) is 1.98. The van der Waals surface area contributed by atoms with Crippen molar-refractivity contribution in [2.75, 3.05) is 13.1 Å². The molecule has 1 nitrogen and oxygen atoms in total. The Bertz CT molecular complexity index is 320. The van der Waals surface area contributed by atoms with E-state index in [2.05, 4.69) is 11.4 Å². The van der Waals surface area contributed by atoms with Gasteiger partial charge in [-0.05, 0) is 32.4 Å². The molecule has 0 aromatic heterocycles. The molecule has 0 amide bonds. The summed E-state index contributed by atoms with van der Waals surface area (Å²) < 4.78 is 14.3. The van der Waals surface area contributed by atoms with Crippen LogP contribution in [0.4, 0.5) is 4.39 Å². The number of halogens is 1. The van der Waals surface area contributed by atoms with E-state index >= 15 is 0 Å². The molecule has 0 aliphatic carbocycles. The molecule has 1 aromatic rings. The first-order valence-electron chi connectivity index (χ1n) is 5.09. The van der Waals surface area contributed by atoms with Crippen molar-refractivity contribution in [3.63, 3.8) is 0 Å². The second-order valence-electron chi connectivity index (χ2n) is 4.27. The van der Waals surface area contributed by atoms with Crippen LogP contribution in [-0.4, -0.2) is 13.1 Å². The second kappa shape index (κ2) is 3.35. The fraction of sp³-hybridized carbons (Fsp3) is 0.500. The Labute approximate surface area is 84.3 Å². The molecule has 14 heavy (non-hydrogen) atoms. The van der Waals surface area contributed by atoms with Gasteiger partial charge in [0.15, 0.2) is 0 Å². The van der Waals surface area contributed by atoms with Crippen molar-refractivity contribution in [1.82, 2.24) is 5.32 Å². The molecule has 0 bridgehead atoms. The molecule has 2 rings (SSSR count). The fourth-order valence-electron chi connectivity index (χ4n) is 2.14. The number of rotatable bonds is 1. The van der Waals surface area contributed by atoms with Crippen LogP contribution in [0.25, 0.3) is 0 Å². The Kier molecular flexibility index (Phi) is 2.31. The minimum absolute atomic E-state index is 0.454. The Morgan fingerprint density at radius 1 is 1.21 bits per heavy atom. The van der Waals surface area contributed by atoms with E-state index in [1.807, 2.05) is 26.0 Å². The summed E-state index contributed by atoms with van der Waals surface area (Å²) in [7, 11) is 0. The van der Waals surface area contributed by atoms with E-state index < -0.39 is 5.67 Å². The highest BCUT2D eigenvalue weighted by molar-refractivity contribution is 5.33. The molecule has 1 unspecified atom stereocenters. The van der Waals surface area contributed by atoms with Gasteiger partial charge < -0.3 is 5.32 Å². The van der Waals surface area contributed by atoms with E-state index in [1.165, 1.54) is 0 Å². The van der Waals surface area contributed by atoms with Crippen LogP contribution in [0, 0.1) is 13.8 Å². The number of nitrogens with one attached hydrogen (secondary N) is 1. The molecular weight excluding hydrogens is 177 g/mol. The zero-order chi connectivity index (χ0) is 10.2. The van der Waals surface area contributed by atoms with Crippen LogP contribution in [-0.2, 0) is 5.67 Å². The van der Waals surface area contributed by atoms with E-state index in [4.69, 9.17) is 0 Å². The van der Waals surface area contributed by atoms with Gasteiger partial charge in [-0.2, -0.15) is 0 Å². The molecule has 1 saturated heterocycles. The summed E-state index contributed by atoms with van der Waals surface area (Å²) in [5.74, 6) is 0. The molecular formula is C12H16FN. The number of hydrogen-bond acceptors (Lipinski definition) is 1. The Morgan fingerprint density at radius 2 is 1.86 bits per heavy atom. The minimum Gasteiger partial charge on any atom is -0.313 e. The first-order valence-corrected chi connectivity index (χ1v) is 5.09. The Morgan fingerprint density at radius 3 is 2.36 bits per heavy atom. The van der Waals surface area contributed by atoms with Crippen LogP contribution in [0.5, 0.6) is 0 Å². The van der Waals surface area contributed by atoms with Crippen LogP contribution in [0.1, 0.15) is 23.1 Å². The first kappa shape index (κ1) is 9.66. The predicted octanol–water partition coefficient (Wildman–Crippen LogP) is 2.46. The highest BCUT2D eigenvalue weighted by Crippen LogP contribution is 2.33. The largest absolute Gasteiger partial charge is 0.313 e. The van der Waals surface area contributed by atoms with Gasteiger partial charge in [0.05, 0.1) is 0 Å². The van der Waals surface area contributed by atoms with Crippen LogP contribution in [0.2, 0.25) is 0 Å². The van der Waals surface area contributed by atoms with E-state index in [-0.39, 0.29) is 0 Å². The van der Waals surface area contributed by atoms with Gasteiger partial charge in [0, 0.05) is 6.54 Å². The molecule has 1 fully saturated rings. The topological polar surface area (TPSA) is 12.0 Å². The third kappa shape index (κ3) is 1.67. The van der Waals surface area contributed by atoms with Gasteiger partial charge in [-0.25, -0.2) is 4.39 Å². The zero-order valence-corrected chi connectivity index (χ0v) is 8.73. The molecule has 1 aliphatic heterocycles. The lowest BCUT2D eigenvalue weighted by molar-refractivity contribution is 0.193. The molecule has 1 heterocycles. The third-order valence-electron chi connectivity index (χ3n) is 2.84. The van der Waals surface area contributed by atoms with Gasteiger partial charge in [-0.3, -0.25) is 0 Å². The number of benzene rings is 1. The molecule has 1 aromatic carbocycles. The highest BCUT2D eigenvalue weighted by atomic mass is 19.1. The summed E-state index contributed by atoms with van der Waals surface area (Å²) in [6.07, 6.45) is 0.593. The van der Waals surface area contributed by atoms with E-state index in [9.17, 15) is 4.39 Å². The fourth-order valence-corrected chi connectivity index (χ4v) is 2.14. The molecule has 0 saturated carbocycles. The molecule has 1 atom stereocenters. The van der Waals surface area contributed by atoms with E-state index in [0.717, 1.165) is 23.2 Å². The SMILES string of the molecule is Cc1cc(C)cc(C2(F)CCNC2)c1. The lowest BCUT2D eigenvalue weighted by atomic mass is 9.92. The smallest absolute Gasteiger partial charge is 0.149 e. The summed E-state index contributed by atoms with van der Waals surface area (Å²) in [6, 6.07) is 6.00. The van der Waals surface area contributed by atoms with Crippen molar-refractivity contribution in [2.45, 2.75) is 25.9 Å². The van der Waals surface area contributed by atoms with E-state index in [0.29, 0.717) is 13.0 Å². The van der Waals surface area contributed by atoms with E-state index in [1.54, 1.807) is 0 Å². The second-order valence-corrected chi connectivity index (χ2v) is 4.27. The maximum absolute atomic E-state index is 14.3. The molecule has 1 aliphatic rings. The molecule has 1 N–H and O–H groups in total. The van der Waals surface area contributed by atoms with Gasteiger partial charge in [-0.1, -0.05) is 29.3 Å². The Balaban J connectivity index is 2.40. The average Bonchev–Trinajstić information content (AvgIpc) is 2.52. The van der Waals surface area contributed by atoms with Crippen LogP contribution >= 0.6 is 0 Å². The summed E-state index contributed by atoms with van der Waals surface area (Å²) in [5, 5.41) is 3.08. The minimum atomic E-state index is -1.14. The van der Waals surface area contributed by atoms with Crippen LogP contribution < -0.4 is 5.32 Å². The van der Waals surface area contributed by atoms with Gasteiger partial charge in [0.1, 0.15) is 5.67 Å². The van der Waals surface area contributed by atoms with Crippen molar-refractivity contribution in [3.05, 3.63) is 34.9 Å². The standard InChI is InChI=1S/C12H16FN/c1-9-5-10(2)7-11(6-9)12(13)3-4-14-8-12/h5-7,14H,3-4,8H2,1-2H3. The van der Waals surface area contributed by atoms with Crippen molar-refractivity contribution in [2.24, 2.45) is 0 Å². The Hall–Kier alpha value is -0.890. The maximum atomic E-state index is 14.3. The summed E-state index contributed by atoms with van der Waals surface area (Å²) in [4.78, 5) is 0. The lowest BCUT2D eigenvalue weighted by Gasteiger charge is -2.19. The molecule has 2 heteroatoms. The first-order chi connectivity index (χ1) is 6.60. The zero-order valence-electron chi connectivity index (χ0n) is 8.73. The average molecular weight is 193 g/mol. The van der Waals surface area contributed by atoms with Gasteiger partial charge in [0.2, 0.25) is 0 Å². The third-order valence-corrected chi connectivity index (χ3v) is 2.84. The van der Waals surface area contributed by atoms with Gasteiger partial charge in [0.25, 0.3) is 0 Å². The summed E-state index contributed by atoms with van der Waals surface area (Å²) in [6.45, 7) is 5.27. The maximum Gasteiger partial charge on any atom is 0.149 e.